The summed E-state index contributed by atoms with van der Waals surface area (Å²) in [6, 6.07) is 3.27. The van der Waals surface area contributed by atoms with Crippen molar-refractivity contribution in [2.24, 2.45) is 0 Å². The minimum absolute atomic E-state index is 0.113. The summed E-state index contributed by atoms with van der Waals surface area (Å²) < 4.78 is 18.2. The number of nitrogens with one attached hydrogen (secondary N) is 1. The number of carbonyl (C=O) groups is 1. The number of hydrogen-bond acceptors (Lipinski definition) is 7. The predicted molar refractivity (Wildman–Crippen MR) is 93.8 cm³/mol. The fraction of sp³-hybridized carbons (Fsp3) is 0.389. The maximum atomic E-state index is 12.8. The van der Waals surface area contributed by atoms with Crippen LogP contribution in [-0.2, 0) is 4.79 Å². The Morgan fingerprint density at radius 3 is 2.65 bits per heavy atom. The SMILES string of the molecule is COc1ccc([C@@H]2C3=C(CCCC3=O)Nc3ncnn32)c(OC)c1OC. The van der Waals surface area contributed by atoms with E-state index in [1.54, 1.807) is 26.0 Å². The average molecular weight is 356 g/mol. The van der Waals surface area contributed by atoms with Crippen molar-refractivity contribution in [2.75, 3.05) is 26.6 Å². The zero-order valence-corrected chi connectivity index (χ0v) is 14.9. The van der Waals surface area contributed by atoms with Crippen LogP contribution in [0.2, 0.25) is 0 Å². The third-order valence-corrected chi connectivity index (χ3v) is 4.84. The first-order valence-electron chi connectivity index (χ1n) is 8.41. The Hall–Kier alpha value is -3.03. The summed E-state index contributed by atoms with van der Waals surface area (Å²) in [6.07, 6.45) is 3.64. The molecule has 1 aliphatic carbocycles. The first-order chi connectivity index (χ1) is 12.7. The zero-order chi connectivity index (χ0) is 18.3. The van der Waals surface area contributed by atoms with Gasteiger partial charge in [-0.05, 0) is 25.0 Å². The van der Waals surface area contributed by atoms with Gasteiger partial charge in [-0.2, -0.15) is 10.1 Å². The van der Waals surface area contributed by atoms with Crippen molar-refractivity contribution in [3.05, 3.63) is 35.3 Å². The fourth-order valence-electron chi connectivity index (χ4n) is 3.72. The van der Waals surface area contributed by atoms with Gasteiger partial charge in [0.15, 0.2) is 17.3 Å². The van der Waals surface area contributed by atoms with E-state index < -0.39 is 6.04 Å². The normalized spacial score (nSPS) is 18.7. The van der Waals surface area contributed by atoms with Crippen molar-refractivity contribution in [2.45, 2.75) is 25.3 Å². The van der Waals surface area contributed by atoms with Crippen LogP contribution in [0.5, 0.6) is 17.2 Å². The van der Waals surface area contributed by atoms with Crippen molar-refractivity contribution in [1.82, 2.24) is 14.8 Å². The Morgan fingerprint density at radius 2 is 1.92 bits per heavy atom. The number of carbonyl (C=O) groups excluding carboxylic acids is 1. The number of benzene rings is 1. The third-order valence-electron chi connectivity index (χ3n) is 4.84. The highest BCUT2D eigenvalue weighted by molar-refractivity contribution is 5.99. The lowest BCUT2D eigenvalue weighted by Gasteiger charge is -2.33. The molecule has 136 valence electrons. The van der Waals surface area contributed by atoms with E-state index in [4.69, 9.17) is 14.2 Å². The Kier molecular flexibility index (Phi) is 4.02. The maximum absolute atomic E-state index is 12.8. The molecular formula is C18H20N4O4. The van der Waals surface area contributed by atoms with E-state index in [2.05, 4.69) is 15.4 Å². The molecule has 0 bridgehead atoms. The van der Waals surface area contributed by atoms with Crippen LogP contribution in [0, 0.1) is 0 Å². The van der Waals surface area contributed by atoms with Crippen LogP contribution < -0.4 is 19.5 Å². The number of rotatable bonds is 4. The van der Waals surface area contributed by atoms with Gasteiger partial charge in [0.1, 0.15) is 12.4 Å². The van der Waals surface area contributed by atoms with Crippen LogP contribution in [0.4, 0.5) is 5.95 Å². The number of fused-ring (bicyclic) bond motifs is 1. The first-order valence-corrected chi connectivity index (χ1v) is 8.41. The molecule has 0 unspecified atom stereocenters. The molecule has 2 aliphatic rings. The van der Waals surface area contributed by atoms with Gasteiger partial charge in [-0.15, -0.1) is 0 Å². The Bertz CT molecular complexity index is 903. The average Bonchev–Trinajstić information content (AvgIpc) is 3.13. The molecule has 0 radical (unpaired) electrons. The van der Waals surface area contributed by atoms with Crippen LogP contribution in [0.25, 0.3) is 0 Å². The quantitative estimate of drug-likeness (QED) is 0.899. The second kappa shape index (κ2) is 6.36. The molecule has 1 N–H and O–H groups in total. The topological polar surface area (TPSA) is 87.5 Å². The molecule has 1 aromatic carbocycles. The van der Waals surface area contributed by atoms with Crippen molar-refractivity contribution < 1.29 is 19.0 Å². The lowest BCUT2D eigenvalue weighted by molar-refractivity contribution is -0.116. The van der Waals surface area contributed by atoms with Crippen LogP contribution in [-0.4, -0.2) is 41.9 Å². The van der Waals surface area contributed by atoms with Gasteiger partial charge < -0.3 is 19.5 Å². The molecule has 26 heavy (non-hydrogen) atoms. The molecule has 0 saturated carbocycles. The number of ether oxygens (including phenoxy) is 3. The molecule has 8 heteroatoms. The number of nitrogens with zero attached hydrogens (tertiary/aromatic N) is 3. The number of hydrogen-bond donors (Lipinski definition) is 1. The summed E-state index contributed by atoms with van der Waals surface area (Å²) in [5.41, 5.74) is 2.39. The molecular weight excluding hydrogens is 336 g/mol. The molecule has 1 aromatic heterocycles. The van der Waals surface area contributed by atoms with E-state index in [9.17, 15) is 4.79 Å². The van der Waals surface area contributed by atoms with Crippen LogP contribution in [0.1, 0.15) is 30.9 Å². The first kappa shape index (κ1) is 16.4. The van der Waals surface area contributed by atoms with Crippen molar-refractivity contribution in [3.8, 4) is 17.2 Å². The molecule has 0 saturated heterocycles. The highest BCUT2D eigenvalue weighted by Gasteiger charge is 2.38. The smallest absolute Gasteiger partial charge is 0.226 e. The van der Waals surface area contributed by atoms with E-state index in [0.717, 1.165) is 24.1 Å². The van der Waals surface area contributed by atoms with E-state index in [1.165, 1.54) is 6.33 Å². The van der Waals surface area contributed by atoms with E-state index in [1.807, 2.05) is 12.1 Å². The van der Waals surface area contributed by atoms with Crippen LogP contribution in [0.3, 0.4) is 0 Å². The number of Topliss-reactive ketones (excluding diaryl/α,β-unsaturated/α-hetero) is 1. The van der Waals surface area contributed by atoms with Gasteiger partial charge in [0.25, 0.3) is 0 Å². The van der Waals surface area contributed by atoms with Gasteiger partial charge in [0.2, 0.25) is 11.7 Å². The molecule has 2 aromatic rings. The second-order valence-corrected chi connectivity index (χ2v) is 6.15. The third kappa shape index (κ3) is 2.33. The number of allylic oxidation sites excluding steroid dienone is 2. The van der Waals surface area contributed by atoms with E-state index in [-0.39, 0.29) is 5.78 Å². The standard InChI is InChI=1S/C18H20N4O4/c1-24-13-8-7-10(16(25-2)17(13)26-3)15-14-11(5-4-6-12(14)23)21-18-19-9-20-22(15)18/h7-9,15H,4-6H2,1-3H3,(H,19,20,21)/t15-/m1/s1. The lowest BCUT2D eigenvalue weighted by Crippen LogP contribution is -2.31. The van der Waals surface area contributed by atoms with Crippen molar-refractivity contribution in [1.29, 1.82) is 0 Å². The van der Waals surface area contributed by atoms with Gasteiger partial charge in [0.05, 0.1) is 21.3 Å². The fourth-order valence-corrected chi connectivity index (χ4v) is 3.72. The summed E-state index contributed by atoms with van der Waals surface area (Å²) in [5, 5.41) is 7.59. The number of anilines is 1. The molecule has 2 heterocycles. The van der Waals surface area contributed by atoms with Gasteiger partial charge in [0, 0.05) is 23.3 Å². The number of ketones is 1. The zero-order valence-electron chi connectivity index (χ0n) is 14.9. The minimum atomic E-state index is -0.425. The lowest BCUT2D eigenvalue weighted by atomic mass is 9.85. The Balaban J connectivity index is 1.97. The molecule has 8 nitrogen and oxygen atoms in total. The van der Waals surface area contributed by atoms with Gasteiger partial charge in [-0.25, -0.2) is 4.68 Å². The number of methoxy groups -OCH3 is 3. The summed E-state index contributed by atoms with van der Waals surface area (Å²) >= 11 is 0. The Labute approximate surface area is 150 Å². The molecule has 0 amide bonds. The second-order valence-electron chi connectivity index (χ2n) is 6.15. The van der Waals surface area contributed by atoms with Crippen molar-refractivity contribution >= 4 is 11.7 Å². The predicted octanol–water partition coefficient (Wildman–Crippen LogP) is 2.33. The summed E-state index contributed by atoms with van der Waals surface area (Å²) in [4.78, 5) is 17.0. The summed E-state index contributed by atoms with van der Waals surface area (Å²) in [7, 11) is 4.70. The molecule has 0 fully saturated rings. The molecule has 1 aliphatic heterocycles. The minimum Gasteiger partial charge on any atom is -0.493 e. The monoisotopic (exact) mass is 356 g/mol. The largest absolute Gasteiger partial charge is 0.493 e. The van der Waals surface area contributed by atoms with Gasteiger partial charge in [-0.1, -0.05) is 0 Å². The van der Waals surface area contributed by atoms with E-state index >= 15 is 0 Å². The van der Waals surface area contributed by atoms with Crippen molar-refractivity contribution in [3.63, 3.8) is 0 Å². The van der Waals surface area contributed by atoms with Gasteiger partial charge >= 0.3 is 0 Å². The van der Waals surface area contributed by atoms with Gasteiger partial charge in [-0.3, -0.25) is 4.79 Å². The maximum Gasteiger partial charge on any atom is 0.226 e. The highest BCUT2D eigenvalue weighted by atomic mass is 16.5. The molecule has 4 rings (SSSR count). The summed E-state index contributed by atoms with van der Waals surface area (Å²) in [6.45, 7) is 0. The van der Waals surface area contributed by atoms with Crippen LogP contribution >= 0.6 is 0 Å². The number of aromatic nitrogens is 3. The molecule has 0 spiro atoms. The van der Waals surface area contributed by atoms with E-state index in [0.29, 0.717) is 35.2 Å². The summed E-state index contributed by atoms with van der Waals surface area (Å²) in [5.74, 6) is 2.29. The molecule has 1 atom stereocenters. The Morgan fingerprint density at radius 1 is 1.12 bits per heavy atom. The van der Waals surface area contributed by atoms with Crippen LogP contribution in [0.15, 0.2) is 29.7 Å². The highest BCUT2D eigenvalue weighted by Crippen LogP contribution is 2.47.